The fourth-order valence-corrected chi connectivity index (χ4v) is 4.76. The number of nitro groups is 1. The van der Waals surface area contributed by atoms with Gasteiger partial charge in [-0.15, -0.1) is 0 Å². The molecule has 3 aromatic carbocycles. The SMILES string of the molecule is O=[N+]([O-])c1cccc([C@@H]2Oc3c(Cl)cc(Cl)cc3[C@H]3CC(c4ccc(Br)cc4)=NN32)c1. The summed E-state index contributed by atoms with van der Waals surface area (Å²) in [5.41, 5.74) is 3.33. The van der Waals surface area contributed by atoms with Gasteiger partial charge in [0, 0.05) is 39.2 Å². The average molecular weight is 519 g/mol. The van der Waals surface area contributed by atoms with Crippen LogP contribution < -0.4 is 4.74 Å². The van der Waals surface area contributed by atoms with Gasteiger partial charge in [0.1, 0.15) is 5.75 Å². The van der Waals surface area contributed by atoms with Crippen molar-refractivity contribution in [1.82, 2.24) is 5.01 Å². The van der Waals surface area contributed by atoms with E-state index in [1.807, 2.05) is 35.3 Å². The lowest BCUT2D eigenvalue weighted by atomic mass is 9.96. The molecule has 3 aromatic rings. The van der Waals surface area contributed by atoms with Crippen molar-refractivity contribution in [3.8, 4) is 5.75 Å². The number of hydrogen-bond donors (Lipinski definition) is 0. The van der Waals surface area contributed by atoms with Crippen molar-refractivity contribution in [2.75, 3.05) is 0 Å². The van der Waals surface area contributed by atoms with Crippen LogP contribution in [0.5, 0.6) is 5.75 Å². The molecular weight excluding hydrogens is 505 g/mol. The van der Waals surface area contributed by atoms with Crippen LogP contribution in [0, 0.1) is 10.1 Å². The van der Waals surface area contributed by atoms with E-state index >= 15 is 0 Å². The van der Waals surface area contributed by atoms with E-state index in [2.05, 4.69) is 15.9 Å². The highest BCUT2D eigenvalue weighted by molar-refractivity contribution is 9.10. The van der Waals surface area contributed by atoms with Gasteiger partial charge in [-0.3, -0.25) is 10.1 Å². The lowest BCUT2D eigenvalue weighted by molar-refractivity contribution is -0.385. The first-order chi connectivity index (χ1) is 14.9. The molecule has 0 unspecified atom stereocenters. The fourth-order valence-electron chi connectivity index (χ4n) is 3.94. The van der Waals surface area contributed by atoms with Crippen LogP contribution in [0.1, 0.15) is 35.4 Å². The number of fused-ring (bicyclic) bond motifs is 3. The highest BCUT2D eigenvalue weighted by Gasteiger charge is 2.42. The molecule has 156 valence electrons. The molecule has 0 aliphatic carbocycles. The molecule has 5 rings (SSSR count). The molecule has 0 amide bonds. The van der Waals surface area contributed by atoms with E-state index in [9.17, 15) is 10.1 Å². The molecule has 31 heavy (non-hydrogen) atoms. The summed E-state index contributed by atoms with van der Waals surface area (Å²) in [5, 5.41) is 18.9. The van der Waals surface area contributed by atoms with Gasteiger partial charge in [0.15, 0.2) is 0 Å². The third-order valence-electron chi connectivity index (χ3n) is 5.35. The predicted octanol–water partition coefficient (Wildman–Crippen LogP) is 6.91. The molecule has 2 heterocycles. The van der Waals surface area contributed by atoms with E-state index in [0.29, 0.717) is 27.8 Å². The van der Waals surface area contributed by atoms with Crippen LogP contribution >= 0.6 is 39.1 Å². The van der Waals surface area contributed by atoms with Gasteiger partial charge < -0.3 is 4.74 Å². The van der Waals surface area contributed by atoms with Crippen molar-refractivity contribution in [2.45, 2.75) is 18.7 Å². The first-order valence-electron chi connectivity index (χ1n) is 9.42. The maximum atomic E-state index is 11.3. The zero-order chi connectivity index (χ0) is 21.7. The monoisotopic (exact) mass is 517 g/mol. The minimum Gasteiger partial charge on any atom is -0.463 e. The van der Waals surface area contributed by atoms with Gasteiger partial charge in [0.25, 0.3) is 5.69 Å². The summed E-state index contributed by atoms with van der Waals surface area (Å²) in [7, 11) is 0. The summed E-state index contributed by atoms with van der Waals surface area (Å²) in [6.45, 7) is 0. The number of hydrazone groups is 1. The molecule has 2 aliphatic rings. The van der Waals surface area contributed by atoms with Gasteiger partial charge in [0.05, 0.1) is 21.7 Å². The highest BCUT2D eigenvalue weighted by Crippen LogP contribution is 2.51. The van der Waals surface area contributed by atoms with Gasteiger partial charge in [-0.2, -0.15) is 5.10 Å². The second-order valence-electron chi connectivity index (χ2n) is 7.28. The molecule has 2 aliphatic heterocycles. The first kappa shape index (κ1) is 20.3. The minimum atomic E-state index is -0.663. The molecule has 0 saturated carbocycles. The number of non-ortho nitro benzene ring substituents is 1. The molecule has 0 fully saturated rings. The van der Waals surface area contributed by atoms with Gasteiger partial charge in [0.2, 0.25) is 6.23 Å². The predicted molar refractivity (Wildman–Crippen MR) is 123 cm³/mol. The summed E-state index contributed by atoms with van der Waals surface area (Å²) in [6, 6.07) is 17.6. The smallest absolute Gasteiger partial charge is 0.269 e. The number of rotatable bonds is 3. The zero-order valence-corrected chi connectivity index (χ0v) is 18.9. The van der Waals surface area contributed by atoms with Gasteiger partial charge in [-0.1, -0.05) is 63.4 Å². The molecule has 0 aromatic heterocycles. The van der Waals surface area contributed by atoms with Crippen LogP contribution in [0.3, 0.4) is 0 Å². The Kier molecular flexibility index (Phi) is 5.12. The molecule has 0 spiro atoms. The number of benzene rings is 3. The lowest BCUT2D eigenvalue weighted by Crippen LogP contribution is -2.33. The standard InChI is InChI=1S/C22H14BrCl2N3O3/c23-14-6-4-12(5-7-14)19-11-20-17-9-15(24)10-18(25)21(17)31-22(27(20)26-19)13-2-1-3-16(8-13)28(29)30/h1-10,20,22H,11H2/t20-,22+/m1/s1. The second kappa shape index (κ2) is 7.82. The summed E-state index contributed by atoms with van der Waals surface area (Å²) in [5.74, 6) is 0.524. The van der Waals surface area contributed by atoms with Crippen molar-refractivity contribution < 1.29 is 9.66 Å². The Balaban J connectivity index is 1.63. The third-order valence-corrected chi connectivity index (χ3v) is 6.38. The Morgan fingerprint density at radius 3 is 2.65 bits per heavy atom. The number of nitrogens with zero attached hydrogens (tertiary/aromatic N) is 3. The summed E-state index contributed by atoms with van der Waals surface area (Å²) in [4.78, 5) is 10.9. The Morgan fingerprint density at radius 1 is 1.13 bits per heavy atom. The average Bonchev–Trinajstić information content (AvgIpc) is 3.19. The van der Waals surface area contributed by atoms with Crippen molar-refractivity contribution in [3.05, 3.63) is 102 Å². The number of ether oxygens (including phenoxy) is 1. The van der Waals surface area contributed by atoms with Crippen molar-refractivity contribution >= 4 is 50.5 Å². The fraction of sp³-hybridized carbons (Fsp3) is 0.136. The largest absolute Gasteiger partial charge is 0.463 e. The zero-order valence-electron chi connectivity index (χ0n) is 15.8. The van der Waals surface area contributed by atoms with Gasteiger partial charge in [-0.25, -0.2) is 5.01 Å². The van der Waals surface area contributed by atoms with Gasteiger partial charge in [-0.05, 0) is 29.8 Å². The van der Waals surface area contributed by atoms with Crippen LogP contribution in [0.4, 0.5) is 5.69 Å². The maximum Gasteiger partial charge on any atom is 0.269 e. The number of halogens is 3. The Labute approximate surface area is 196 Å². The van der Waals surface area contributed by atoms with E-state index in [0.717, 1.165) is 21.3 Å². The van der Waals surface area contributed by atoms with Crippen molar-refractivity contribution in [1.29, 1.82) is 0 Å². The van der Waals surface area contributed by atoms with E-state index in [1.54, 1.807) is 18.2 Å². The van der Waals surface area contributed by atoms with Crippen molar-refractivity contribution in [3.63, 3.8) is 0 Å². The third kappa shape index (κ3) is 3.67. The summed E-state index contributed by atoms with van der Waals surface area (Å²) in [6.07, 6.45) is -0.0379. The topological polar surface area (TPSA) is 68.0 Å². The van der Waals surface area contributed by atoms with E-state index < -0.39 is 11.2 Å². The van der Waals surface area contributed by atoms with E-state index in [-0.39, 0.29) is 11.7 Å². The van der Waals surface area contributed by atoms with E-state index in [1.165, 1.54) is 12.1 Å². The Morgan fingerprint density at radius 2 is 1.90 bits per heavy atom. The van der Waals surface area contributed by atoms with Gasteiger partial charge >= 0.3 is 0 Å². The number of hydrogen-bond acceptors (Lipinski definition) is 5. The molecule has 6 nitrogen and oxygen atoms in total. The molecule has 0 bridgehead atoms. The summed E-state index contributed by atoms with van der Waals surface area (Å²) >= 11 is 16.2. The van der Waals surface area contributed by atoms with Crippen LogP contribution in [0.15, 0.2) is 70.2 Å². The molecule has 0 N–H and O–H groups in total. The second-order valence-corrected chi connectivity index (χ2v) is 9.04. The lowest BCUT2D eigenvalue weighted by Gasteiger charge is -2.38. The minimum absolute atomic E-state index is 0.0121. The molecule has 9 heteroatoms. The molecule has 2 atom stereocenters. The van der Waals surface area contributed by atoms with Crippen LogP contribution in [0.25, 0.3) is 0 Å². The molecule has 0 radical (unpaired) electrons. The number of nitro benzene ring substituents is 1. The Bertz CT molecular complexity index is 1230. The normalized spacial score (nSPS) is 19.3. The van der Waals surface area contributed by atoms with E-state index in [4.69, 9.17) is 33.0 Å². The van der Waals surface area contributed by atoms with Crippen molar-refractivity contribution in [2.24, 2.45) is 5.10 Å². The Hall–Kier alpha value is -2.61. The molecule has 0 saturated heterocycles. The quantitative estimate of drug-likeness (QED) is 0.279. The highest BCUT2D eigenvalue weighted by atomic mass is 79.9. The van der Waals surface area contributed by atoms with Crippen LogP contribution in [-0.2, 0) is 0 Å². The maximum absolute atomic E-state index is 11.3. The van der Waals surface area contributed by atoms with Crippen LogP contribution in [-0.4, -0.2) is 15.6 Å². The molecular formula is C22H14BrCl2N3O3. The first-order valence-corrected chi connectivity index (χ1v) is 11.0. The van der Waals surface area contributed by atoms with Crippen LogP contribution in [0.2, 0.25) is 10.0 Å². The summed E-state index contributed by atoms with van der Waals surface area (Å²) < 4.78 is 7.23.